The highest BCUT2D eigenvalue weighted by Gasteiger charge is 2.22. The predicted molar refractivity (Wildman–Crippen MR) is 68.3 cm³/mol. The predicted octanol–water partition coefficient (Wildman–Crippen LogP) is 2.55. The van der Waals surface area contributed by atoms with E-state index in [9.17, 15) is 15.2 Å². The van der Waals surface area contributed by atoms with E-state index < -0.39 is 11.0 Å². The molecule has 1 unspecified atom stereocenters. The van der Waals surface area contributed by atoms with Crippen LogP contribution in [-0.2, 0) is 0 Å². The largest absolute Gasteiger partial charge is 0.383 e. The van der Waals surface area contributed by atoms with Crippen LogP contribution in [0.2, 0.25) is 0 Å². The second-order valence-corrected chi connectivity index (χ2v) is 3.96. The monoisotopic (exact) mass is 254 g/mol. The van der Waals surface area contributed by atoms with Crippen molar-refractivity contribution < 1.29 is 10.0 Å². The maximum atomic E-state index is 11.0. The van der Waals surface area contributed by atoms with Gasteiger partial charge in [-0.05, 0) is 17.7 Å². The van der Waals surface area contributed by atoms with Gasteiger partial charge in [0.15, 0.2) is 0 Å². The molecule has 5 heteroatoms. The van der Waals surface area contributed by atoms with Gasteiger partial charge in [-0.25, -0.2) is 0 Å². The minimum Gasteiger partial charge on any atom is -0.383 e. The third-order valence-corrected chi connectivity index (χ3v) is 2.77. The summed E-state index contributed by atoms with van der Waals surface area (Å²) in [5.74, 6) is 0. The van der Waals surface area contributed by atoms with Crippen LogP contribution in [0.3, 0.4) is 0 Å². The van der Waals surface area contributed by atoms with Gasteiger partial charge in [-0.2, -0.15) is 5.26 Å². The summed E-state index contributed by atoms with van der Waals surface area (Å²) in [4.78, 5) is 10.4. The first-order valence-corrected chi connectivity index (χ1v) is 5.55. The molecule has 2 aromatic carbocycles. The first-order chi connectivity index (χ1) is 9.13. The number of benzene rings is 2. The minimum atomic E-state index is -1.09. The number of nitriles is 1. The van der Waals surface area contributed by atoms with Crippen LogP contribution in [0.25, 0.3) is 0 Å². The smallest absolute Gasteiger partial charge is 0.276 e. The molecule has 2 rings (SSSR count). The highest BCUT2D eigenvalue weighted by molar-refractivity contribution is 5.50. The normalized spacial score (nSPS) is 11.6. The SMILES string of the molecule is N#Cc1ccc(C(O)c2ccccc2)c([N+](=O)[O-])c1. The molecule has 0 heterocycles. The highest BCUT2D eigenvalue weighted by Crippen LogP contribution is 2.30. The second kappa shape index (κ2) is 5.29. The van der Waals surface area contributed by atoms with E-state index in [1.54, 1.807) is 30.3 Å². The first-order valence-electron chi connectivity index (χ1n) is 5.55. The summed E-state index contributed by atoms with van der Waals surface area (Å²) in [6.45, 7) is 0. The zero-order valence-corrected chi connectivity index (χ0v) is 9.85. The Morgan fingerprint density at radius 2 is 1.89 bits per heavy atom. The number of aliphatic hydroxyl groups is 1. The molecule has 0 aliphatic heterocycles. The van der Waals surface area contributed by atoms with E-state index in [4.69, 9.17) is 5.26 Å². The number of rotatable bonds is 3. The van der Waals surface area contributed by atoms with Gasteiger partial charge in [-0.3, -0.25) is 10.1 Å². The van der Waals surface area contributed by atoms with Crippen LogP contribution in [0.1, 0.15) is 22.8 Å². The molecule has 0 spiro atoms. The van der Waals surface area contributed by atoms with Gasteiger partial charge in [-0.1, -0.05) is 30.3 Å². The van der Waals surface area contributed by atoms with Crippen LogP contribution in [-0.4, -0.2) is 10.0 Å². The fourth-order valence-electron chi connectivity index (χ4n) is 1.82. The number of nitrogens with zero attached hydrogens (tertiary/aromatic N) is 2. The minimum absolute atomic E-state index is 0.176. The summed E-state index contributed by atoms with van der Waals surface area (Å²) < 4.78 is 0. The lowest BCUT2D eigenvalue weighted by atomic mass is 9.99. The number of nitro benzene ring substituents is 1. The van der Waals surface area contributed by atoms with Crippen molar-refractivity contribution in [2.24, 2.45) is 0 Å². The molecule has 0 bridgehead atoms. The van der Waals surface area contributed by atoms with E-state index in [2.05, 4.69) is 0 Å². The molecule has 0 saturated heterocycles. The number of aliphatic hydroxyl groups excluding tert-OH is 1. The quantitative estimate of drug-likeness (QED) is 0.673. The lowest BCUT2D eigenvalue weighted by molar-refractivity contribution is -0.386. The van der Waals surface area contributed by atoms with Crippen LogP contribution < -0.4 is 0 Å². The molecule has 0 saturated carbocycles. The second-order valence-electron chi connectivity index (χ2n) is 3.96. The molecule has 0 aromatic heterocycles. The van der Waals surface area contributed by atoms with Crippen LogP contribution in [0.4, 0.5) is 5.69 Å². The van der Waals surface area contributed by atoms with Gasteiger partial charge in [0.2, 0.25) is 0 Å². The molecule has 2 aromatic rings. The van der Waals surface area contributed by atoms with Crippen LogP contribution >= 0.6 is 0 Å². The van der Waals surface area contributed by atoms with Crippen molar-refractivity contribution in [2.75, 3.05) is 0 Å². The molecule has 0 aliphatic rings. The van der Waals surface area contributed by atoms with Crippen molar-refractivity contribution in [2.45, 2.75) is 6.10 Å². The maximum absolute atomic E-state index is 11.0. The van der Waals surface area contributed by atoms with Crippen molar-refractivity contribution in [3.63, 3.8) is 0 Å². The average Bonchev–Trinajstić information content (AvgIpc) is 2.46. The molecule has 0 aliphatic carbocycles. The Labute approximate surface area is 109 Å². The highest BCUT2D eigenvalue weighted by atomic mass is 16.6. The summed E-state index contributed by atoms with van der Waals surface area (Å²) in [5, 5.41) is 30.0. The third kappa shape index (κ3) is 2.59. The maximum Gasteiger partial charge on any atom is 0.276 e. The van der Waals surface area contributed by atoms with E-state index in [1.165, 1.54) is 18.2 Å². The van der Waals surface area contributed by atoms with Gasteiger partial charge in [0.05, 0.1) is 22.1 Å². The molecular formula is C14H10N2O3. The Hall–Kier alpha value is -2.71. The van der Waals surface area contributed by atoms with Gasteiger partial charge in [-0.15, -0.1) is 0 Å². The molecule has 0 radical (unpaired) electrons. The van der Waals surface area contributed by atoms with E-state index in [0.717, 1.165) is 0 Å². The third-order valence-electron chi connectivity index (χ3n) is 2.77. The zero-order chi connectivity index (χ0) is 13.8. The van der Waals surface area contributed by atoms with Gasteiger partial charge in [0.25, 0.3) is 5.69 Å². The Kier molecular flexibility index (Phi) is 3.55. The fourth-order valence-corrected chi connectivity index (χ4v) is 1.82. The van der Waals surface area contributed by atoms with Gasteiger partial charge < -0.3 is 5.11 Å². The van der Waals surface area contributed by atoms with Crippen molar-refractivity contribution in [1.82, 2.24) is 0 Å². The topological polar surface area (TPSA) is 87.2 Å². The van der Waals surface area contributed by atoms with E-state index in [-0.39, 0.29) is 16.8 Å². The lowest BCUT2D eigenvalue weighted by Gasteiger charge is -2.11. The van der Waals surface area contributed by atoms with Crippen molar-refractivity contribution in [3.8, 4) is 6.07 Å². The van der Waals surface area contributed by atoms with Crippen LogP contribution in [0.5, 0.6) is 0 Å². The fraction of sp³-hybridized carbons (Fsp3) is 0.0714. The number of hydrogen-bond donors (Lipinski definition) is 1. The lowest BCUT2D eigenvalue weighted by Crippen LogP contribution is -2.04. The van der Waals surface area contributed by atoms with Gasteiger partial charge >= 0.3 is 0 Å². The molecule has 0 amide bonds. The van der Waals surface area contributed by atoms with Crippen molar-refractivity contribution in [3.05, 3.63) is 75.3 Å². The Balaban J connectivity index is 2.51. The van der Waals surface area contributed by atoms with Crippen LogP contribution in [0.15, 0.2) is 48.5 Å². The van der Waals surface area contributed by atoms with Crippen LogP contribution in [0, 0.1) is 21.4 Å². The molecule has 0 fully saturated rings. The average molecular weight is 254 g/mol. The Morgan fingerprint density at radius 1 is 1.21 bits per heavy atom. The van der Waals surface area contributed by atoms with E-state index in [0.29, 0.717) is 5.56 Å². The molecule has 19 heavy (non-hydrogen) atoms. The summed E-state index contributed by atoms with van der Waals surface area (Å²) in [6.07, 6.45) is -1.09. The molecule has 5 nitrogen and oxygen atoms in total. The Bertz CT molecular complexity index is 647. The van der Waals surface area contributed by atoms with Gasteiger partial charge in [0, 0.05) is 6.07 Å². The number of hydrogen-bond acceptors (Lipinski definition) is 4. The standard InChI is InChI=1S/C14H10N2O3/c15-9-10-6-7-12(13(8-10)16(18)19)14(17)11-4-2-1-3-5-11/h1-8,14,17H. The molecule has 1 N–H and O–H groups in total. The molecule has 94 valence electrons. The van der Waals surface area contributed by atoms with Gasteiger partial charge in [0.1, 0.15) is 6.10 Å². The van der Waals surface area contributed by atoms with Crippen molar-refractivity contribution in [1.29, 1.82) is 5.26 Å². The summed E-state index contributed by atoms with van der Waals surface area (Å²) in [7, 11) is 0. The molecule has 1 atom stereocenters. The number of nitro groups is 1. The van der Waals surface area contributed by atoms with E-state index >= 15 is 0 Å². The summed E-state index contributed by atoms with van der Waals surface area (Å²) >= 11 is 0. The first kappa shape index (κ1) is 12.7. The molecular weight excluding hydrogens is 244 g/mol. The zero-order valence-electron chi connectivity index (χ0n) is 9.85. The Morgan fingerprint density at radius 3 is 2.47 bits per heavy atom. The summed E-state index contributed by atoms with van der Waals surface area (Å²) in [6, 6.07) is 14.5. The van der Waals surface area contributed by atoms with E-state index in [1.807, 2.05) is 6.07 Å². The summed E-state index contributed by atoms with van der Waals surface area (Å²) in [5.41, 5.74) is 0.677. The van der Waals surface area contributed by atoms with Crippen molar-refractivity contribution >= 4 is 5.69 Å².